The van der Waals surface area contributed by atoms with Crippen molar-refractivity contribution in [1.82, 2.24) is 5.32 Å². The monoisotopic (exact) mass is 367 g/mol. The molecular weight excluding hydrogens is 334 g/mol. The molecule has 0 spiro atoms. The first-order valence-electron chi connectivity index (χ1n) is 9.90. The lowest BCUT2D eigenvalue weighted by atomic mass is 9.97. The Hall–Kier alpha value is -2.29. The van der Waals surface area contributed by atoms with Crippen LogP contribution in [-0.2, 0) is 4.79 Å². The lowest BCUT2D eigenvalue weighted by Gasteiger charge is -2.24. The van der Waals surface area contributed by atoms with Crippen molar-refractivity contribution in [2.75, 3.05) is 0 Å². The van der Waals surface area contributed by atoms with E-state index in [1.807, 2.05) is 38.1 Å². The molecule has 1 amide bonds. The summed E-state index contributed by atoms with van der Waals surface area (Å²) in [5, 5.41) is 3.18. The van der Waals surface area contributed by atoms with Gasteiger partial charge in [-0.2, -0.15) is 0 Å². The van der Waals surface area contributed by atoms with Gasteiger partial charge in [-0.1, -0.05) is 70.2 Å². The van der Waals surface area contributed by atoms with Crippen molar-refractivity contribution in [2.24, 2.45) is 5.92 Å². The molecule has 2 rings (SSSR count). The van der Waals surface area contributed by atoms with E-state index in [1.54, 1.807) is 0 Å². The average molecular weight is 368 g/mol. The van der Waals surface area contributed by atoms with Gasteiger partial charge in [-0.3, -0.25) is 4.79 Å². The van der Waals surface area contributed by atoms with Crippen molar-refractivity contribution >= 4 is 5.91 Å². The Labute approximate surface area is 164 Å². The SMILES string of the molecule is Cc1ccc(C(C)C)c(O[C@H](C)C(=O)N[C@@H](CC(C)C)c2ccccc2)c1. The lowest BCUT2D eigenvalue weighted by molar-refractivity contribution is -0.128. The quantitative estimate of drug-likeness (QED) is 0.641. The van der Waals surface area contributed by atoms with Crippen LogP contribution in [-0.4, -0.2) is 12.0 Å². The fourth-order valence-corrected chi connectivity index (χ4v) is 3.19. The van der Waals surface area contributed by atoms with Crippen molar-refractivity contribution < 1.29 is 9.53 Å². The fraction of sp³-hybridized carbons (Fsp3) is 0.458. The Morgan fingerprint density at radius 2 is 1.67 bits per heavy atom. The first-order chi connectivity index (χ1) is 12.8. The number of nitrogens with one attached hydrogen (secondary N) is 1. The van der Waals surface area contributed by atoms with Crippen molar-refractivity contribution in [3.05, 3.63) is 65.2 Å². The highest BCUT2D eigenvalue weighted by Crippen LogP contribution is 2.28. The standard InChI is InChI=1S/C24H33NO2/c1-16(2)14-22(20-10-8-7-9-11-20)25-24(26)19(6)27-23-15-18(5)12-13-21(23)17(3)4/h7-13,15-17,19,22H,14H2,1-6H3,(H,25,26)/t19-,22+/m1/s1. The van der Waals surface area contributed by atoms with Crippen molar-refractivity contribution in [1.29, 1.82) is 0 Å². The van der Waals surface area contributed by atoms with E-state index in [-0.39, 0.29) is 11.9 Å². The van der Waals surface area contributed by atoms with Crippen molar-refractivity contribution in [3.8, 4) is 5.75 Å². The highest BCUT2D eigenvalue weighted by molar-refractivity contribution is 5.81. The summed E-state index contributed by atoms with van der Waals surface area (Å²) in [5.74, 6) is 1.54. The van der Waals surface area contributed by atoms with Gasteiger partial charge in [-0.15, -0.1) is 0 Å². The molecule has 3 heteroatoms. The second-order valence-corrected chi connectivity index (χ2v) is 8.06. The molecule has 2 atom stereocenters. The van der Waals surface area contributed by atoms with Gasteiger partial charge in [0.25, 0.3) is 5.91 Å². The molecule has 0 heterocycles. The number of hydrogen-bond acceptors (Lipinski definition) is 2. The Morgan fingerprint density at radius 3 is 2.26 bits per heavy atom. The smallest absolute Gasteiger partial charge is 0.261 e. The molecule has 3 nitrogen and oxygen atoms in total. The van der Waals surface area contributed by atoms with Crippen LogP contribution in [0, 0.1) is 12.8 Å². The van der Waals surface area contributed by atoms with E-state index in [0.717, 1.165) is 28.9 Å². The number of carbonyl (C=O) groups is 1. The van der Waals surface area contributed by atoms with Crippen molar-refractivity contribution in [3.63, 3.8) is 0 Å². The predicted molar refractivity (Wildman–Crippen MR) is 112 cm³/mol. The molecule has 0 saturated carbocycles. The van der Waals surface area contributed by atoms with E-state index in [4.69, 9.17) is 4.74 Å². The van der Waals surface area contributed by atoms with Crippen LogP contribution in [0.1, 0.15) is 69.7 Å². The van der Waals surface area contributed by atoms with E-state index in [1.165, 1.54) is 0 Å². The Kier molecular flexibility index (Phi) is 7.46. The van der Waals surface area contributed by atoms with E-state index in [9.17, 15) is 4.79 Å². The normalized spacial score (nSPS) is 13.5. The molecule has 146 valence electrons. The number of rotatable bonds is 8. The van der Waals surface area contributed by atoms with Gasteiger partial charge >= 0.3 is 0 Å². The molecule has 0 aromatic heterocycles. The fourth-order valence-electron chi connectivity index (χ4n) is 3.19. The average Bonchev–Trinajstić information content (AvgIpc) is 2.61. The molecule has 2 aromatic rings. The summed E-state index contributed by atoms with van der Waals surface area (Å²) in [4.78, 5) is 12.8. The van der Waals surface area contributed by atoms with Gasteiger partial charge in [0.15, 0.2) is 6.10 Å². The zero-order chi connectivity index (χ0) is 20.0. The highest BCUT2D eigenvalue weighted by atomic mass is 16.5. The molecule has 2 aromatic carbocycles. The molecule has 0 aliphatic heterocycles. The molecular formula is C24H33NO2. The third-order valence-corrected chi connectivity index (χ3v) is 4.69. The Bertz CT molecular complexity index is 737. The van der Waals surface area contributed by atoms with E-state index in [0.29, 0.717) is 11.8 Å². The maximum absolute atomic E-state index is 12.8. The van der Waals surface area contributed by atoms with Crippen LogP contribution in [0.3, 0.4) is 0 Å². The largest absolute Gasteiger partial charge is 0.481 e. The molecule has 1 N–H and O–H groups in total. The van der Waals surface area contributed by atoms with Gasteiger partial charge in [0.1, 0.15) is 5.75 Å². The summed E-state index contributed by atoms with van der Waals surface area (Å²) in [5.41, 5.74) is 3.39. The molecule has 27 heavy (non-hydrogen) atoms. The summed E-state index contributed by atoms with van der Waals surface area (Å²) in [7, 11) is 0. The van der Waals surface area contributed by atoms with Crippen molar-refractivity contribution in [2.45, 2.75) is 66.0 Å². The number of hydrogen-bond donors (Lipinski definition) is 1. The first-order valence-corrected chi connectivity index (χ1v) is 9.90. The van der Waals surface area contributed by atoms with Gasteiger partial charge in [0.2, 0.25) is 0 Å². The second-order valence-electron chi connectivity index (χ2n) is 8.06. The number of benzene rings is 2. The third kappa shape index (κ3) is 6.13. The summed E-state index contributed by atoms with van der Waals surface area (Å²) >= 11 is 0. The van der Waals surface area contributed by atoms with Gasteiger partial charge in [0.05, 0.1) is 6.04 Å². The summed E-state index contributed by atoms with van der Waals surface area (Å²) in [6, 6.07) is 16.3. The van der Waals surface area contributed by atoms with Gasteiger partial charge in [-0.25, -0.2) is 0 Å². The zero-order valence-electron chi connectivity index (χ0n) is 17.5. The van der Waals surface area contributed by atoms with Crippen LogP contribution in [0.4, 0.5) is 0 Å². The summed E-state index contributed by atoms with van der Waals surface area (Å²) in [6.45, 7) is 12.5. The molecule has 0 aliphatic rings. The zero-order valence-corrected chi connectivity index (χ0v) is 17.5. The first kappa shape index (κ1) is 21.0. The Balaban J connectivity index is 2.13. The van der Waals surface area contributed by atoms with Gasteiger partial charge in [0, 0.05) is 0 Å². The molecule has 0 unspecified atom stereocenters. The summed E-state index contributed by atoms with van der Waals surface area (Å²) < 4.78 is 6.08. The number of ether oxygens (including phenoxy) is 1. The number of amides is 1. The Morgan fingerprint density at radius 1 is 1.00 bits per heavy atom. The molecule has 0 saturated heterocycles. The minimum Gasteiger partial charge on any atom is -0.481 e. The van der Waals surface area contributed by atoms with Crippen LogP contribution < -0.4 is 10.1 Å². The van der Waals surface area contributed by atoms with Crippen LogP contribution in [0.25, 0.3) is 0 Å². The lowest BCUT2D eigenvalue weighted by Crippen LogP contribution is -2.39. The van der Waals surface area contributed by atoms with Crippen LogP contribution in [0.2, 0.25) is 0 Å². The third-order valence-electron chi connectivity index (χ3n) is 4.69. The summed E-state index contributed by atoms with van der Waals surface area (Å²) in [6.07, 6.45) is 0.340. The minimum atomic E-state index is -0.553. The van der Waals surface area contributed by atoms with Crippen LogP contribution in [0.5, 0.6) is 5.75 Å². The molecule has 0 aliphatic carbocycles. The highest BCUT2D eigenvalue weighted by Gasteiger charge is 2.22. The molecule has 0 bridgehead atoms. The van der Waals surface area contributed by atoms with E-state index < -0.39 is 6.10 Å². The van der Waals surface area contributed by atoms with Crippen LogP contribution in [0.15, 0.2) is 48.5 Å². The molecule has 0 fully saturated rings. The number of aryl methyl sites for hydroxylation is 1. The van der Waals surface area contributed by atoms with E-state index in [2.05, 4.69) is 57.3 Å². The van der Waals surface area contributed by atoms with E-state index >= 15 is 0 Å². The topological polar surface area (TPSA) is 38.3 Å². The minimum absolute atomic E-state index is 0.00757. The second kappa shape index (κ2) is 9.59. The number of carbonyl (C=O) groups excluding carboxylic acids is 1. The van der Waals surface area contributed by atoms with Gasteiger partial charge in [-0.05, 0) is 54.9 Å². The maximum Gasteiger partial charge on any atom is 0.261 e. The van der Waals surface area contributed by atoms with Crippen LogP contribution >= 0.6 is 0 Å². The maximum atomic E-state index is 12.8. The molecule has 0 radical (unpaired) electrons. The van der Waals surface area contributed by atoms with Gasteiger partial charge < -0.3 is 10.1 Å². The predicted octanol–water partition coefficient (Wildman–Crippen LogP) is 5.79.